The van der Waals surface area contributed by atoms with Crippen LogP contribution in [0.3, 0.4) is 0 Å². The first kappa shape index (κ1) is 20.6. The number of hydrogen-bond acceptors (Lipinski definition) is 7. The van der Waals surface area contributed by atoms with Crippen molar-refractivity contribution in [2.45, 2.75) is 6.54 Å². The van der Waals surface area contributed by atoms with E-state index in [9.17, 15) is 20.0 Å². The standard InChI is InChI=1S/C21H19N3O6/c1-29-19-11-15(17(24(27)28)12-20(19)30-2)21(26)23(13-14-7-5-6-10-22-14)16-8-3-4-9-18(16)25/h3-12,25H,13H2,1-2H3. The number of aromatic nitrogens is 1. The zero-order chi connectivity index (χ0) is 21.7. The number of carbonyl (C=O) groups is 1. The van der Waals surface area contributed by atoms with Gasteiger partial charge in [0.1, 0.15) is 11.3 Å². The summed E-state index contributed by atoms with van der Waals surface area (Å²) in [5.74, 6) is -0.555. The Morgan fingerprint density at radius 3 is 2.37 bits per heavy atom. The first-order chi connectivity index (χ1) is 14.5. The highest BCUT2D eigenvalue weighted by Gasteiger charge is 2.30. The summed E-state index contributed by atoms with van der Waals surface area (Å²) in [6, 6.07) is 13.8. The number of amides is 1. The zero-order valence-corrected chi connectivity index (χ0v) is 16.3. The predicted octanol–water partition coefficient (Wildman–Crippen LogP) is 3.56. The van der Waals surface area contributed by atoms with E-state index in [1.165, 1.54) is 31.3 Å². The molecular weight excluding hydrogens is 390 g/mol. The quantitative estimate of drug-likeness (QED) is 0.469. The zero-order valence-electron chi connectivity index (χ0n) is 16.3. The molecule has 30 heavy (non-hydrogen) atoms. The minimum Gasteiger partial charge on any atom is -0.506 e. The average Bonchev–Trinajstić information content (AvgIpc) is 2.77. The second-order valence-corrected chi connectivity index (χ2v) is 6.18. The van der Waals surface area contributed by atoms with Crippen LogP contribution in [-0.4, -0.2) is 35.1 Å². The minimum atomic E-state index is -0.699. The fourth-order valence-corrected chi connectivity index (χ4v) is 2.95. The third kappa shape index (κ3) is 4.14. The van der Waals surface area contributed by atoms with E-state index in [0.717, 1.165) is 6.07 Å². The van der Waals surface area contributed by atoms with Crippen LogP contribution in [-0.2, 0) is 6.54 Å². The molecule has 2 aromatic carbocycles. The molecule has 0 aliphatic carbocycles. The SMILES string of the molecule is COc1cc(C(=O)N(Cc2ccccn2)c2ccccc2O)c([N+](=O)[O-])cc1OC. The van der Waals surface area contributed by atoms with Gasteiger partial charge in [-0.25, -0.2) is 0 Å². The predicted molar refractivity (Wildman–Crippen MR) is 109 cm³/mol. The number of ether oxygens (including phenoxy) is 2. The molecule has 0 saturated heterocycles. The van der Waals surface area contributed by atoms with Crippen LogP contribution in [0.5, 0.6) is 17.2 Å². The number of pyridine rings is 1. The molecule has 3 rings (SSSR count). The molecular formula is C21H19N3O6. The third-order valence-electron chi connectivity index (χ3n) is 4.39. The van der Waals surface area contributed by atoms with Crippen molar-refractivity contribution in [3.63, 3.8) is 0 Å². The molecule has 0 unspecified atom stereocenters. The van der Waals surface area contributed by atoms with Gasteiger partial charge in [0.2, 0.25) is 0 Å². The van der Waals surface area contributed by atoms with Crippen LogP contribution in [0.25, 0.3) is 0 Å². The van der Waals surface area contributed by atoms with Gasteiger partial charge in [-0.05, 0) is 24.3 Å². The number of nitro benzene ring substituents is 1. The van der Waals surface area contributed by atoms with Gasteiger partial charge in [-0.3, -0.25) is 24.8 Å². The molecule has 0 saturated carbocycles. The van der Waals surface area contributed by atoms with Crippen molar-refractivity contribution in [1.82, 2.24) is 4.98 Å². The Morgan fingerprint density at radius 1 is 1.10 bits per heavy atom. The summed E-state index contributed by atoms with van der Waals surface area (Å²) >= 11 is 0. The summed E-state index contributed by atoms with van der Waals surface area (Å²) in [5.41, 5.74) is 0.0744. The van der Waals surface area contributed by atoms with E-state index >= 15 is 0 Å². The molecule has 0 fully saturated rings. The summed E-state index contributed by atoms with van der Waals surface area (Å²) in [7, 11) is 2.71. The Labute approximate surface area is 172 Å². The highest BCUT2D eigenvalue weighted by molar-refractivity contribution is 6.09. The van der Waals surface area contributed by atoms with Gasteiger partial charge in [0, 0.05) is 12.3 Å². The molecule has 1 N–H and O–H groups in total. The van der Waals surface area contributed by atoms with Crippen molar-refractivity contribution in [3.8, 4) is 17.2 Å². The van der Waals surface area contributed by atoms with Gasteiger partial charge in [0.05, 0.1) is 43.1 Å². The molecule has 1 amide bonds. The maximum atomic E-state index is 13.5. The first-order valence-corrected chi connectivity index (χ1v) is 8.86. The van der Waals surface area contributed by atoms with Gasteiger partial charge in [0.15, 0.2) is 11.5 Å². The Morgan fingerprint density at radius 2 is 1.77 bits per heavy atom. The lowest BCUT2D eigenvalue weighted by molar-refractivity contribution is -0.385. The Balaban J connectivity index is 2.15. The lowest BCUT2D eigenvalue weighted by atomic mass is 10.1. The van der Waals surface area contributed by atoms with Crippen LogP contribution in [0.1, 0.15) is 16.1 Å². The van der Waals surface area contributed by atoms with Crippen LogP contribution in [0, 0.1) is 10.1 Å². The number of nitro groups is 1. The average molecular weight is 409 g/mol. The van der Waals surface area contributed by atoms with Gasteiger partial charge in [-0.1, -0.05) is 18.2 Å². The van der Waals surface area contributed by atoms with Crippen LogP contribution in [0.15, 0.2) is 60.8 Å². The van der Waals surface area contributed by atoms with E-state index in [2.05, 4.69) is 4.98 Å². The van der Waals surface area contributed by atoms with Crippen molar-refractivity contribution < 1.29 is 24.3 Å². The number of carbonyl (C=O) groups excluding carboxylic acids is 1. The Kier molecular flexibility index (Phi) is 6.11. The number of methoxy groups -OCH3 is 2. The van der Waals surface area contributed by atoms with E-state index in [-0.39, 0.29) is 35.0 Å². The summed E-state index contributed by atoms with van der Waals surface area (Å²) in [6.07, 6.45) is 1.57. The topological polar surface area (TPSA) is 115 Å². The number of phenolic OH excluding ortho intramolecular Hbond substituents is 1. The summed E-state index contributed by atoms with van der Waals surface area (Å²) in [5, 5.41) is 22.0. The second kappa shape index (κ2) is 8.91. The fourth-order valence-electron chi connectivity index (χ4n) is 2.95. The van der Waals surface area contributed by atoms with Gasteiger partial charge >= 0.3 is 0 Å². The summed E-state index contributed by atoms with van der Waals surface area (Å²) < 4.78 is 10.3. The van der Waals surface area contributed by atoms with Crippen LogP contribution < -0.4 is 14.4 Å². The first-order valence-electron chi connectivity index (χ1n) is 8.86. The molecule has 1 aromatic heterocycles. The van der Waals surface area contributed by atoms with Crippen LogP contribution in [0.4, 0.5) is 11.4 Å². The maximum absolute atomic E-state index is 13.5. The number of rotatable bonds is 7. The van der Waals surface area contributed by atoms with E-state index < -0.39 is 16.5 Å². The van der Waals surface area contributed by atoms with Crippen molar-refractivity contribution >= 4 is 17.3 Å². The smallest absolute Gasteiger partial charge is 0.286 e. The Hall–Kier alpha value is -4.14. The van der Waals surface area contributed by atoms with Crippen molar-refractivity contribution in [1.29, 1.82) is 0 Å². The van der Waals surface area contributed by atoms with E-state index in [1.54, 1.807) is 42.6 Å². The summed E-state index contributed by atoms with van der Waals surface area (Å²) in [6.45, 7) is -0.0112. The molecule has 0 bridgehead atoms. The molecule has 154 valence electrons. The number of anilines is 1. The number of nitrogens with zero attached hydrogens (tertiary/aromatic N) is 3. The number of benzene rings is 2. The number of aromatic hydroxyl groups is 1. The molecule has 0 radical (unpaired) electrons. The second-order valence-electron chi connectivity index (χ2n) is 6.18. The molecule has 9 heteroatoms. The summed E-state index contributed by atoms with van der Waals surface area (Å²) in [4.78, 5) is 29.9. The minimum absolute atomic E-state index is 0.0112. The third-order valence-corrected chi connectivity index (χ3v) is 4.39. The van der Waals surface area contributed by atoms with Gasteiger partial charge in [0.25, 0.3) is 11.6 Å². The number of phenols is 1. The fraction of sp³-hybridized carbons (Fsp3) is 0.143. The molecule has 0 spiro atoms. The van der Waals surface area contributed by atoms with Crippen LogP contribution >= 0.6 is 0 Å². The lowest BCUT2D eigenvalue weighted by Gasteiger charge is -2.23. The lowest BCUT2D eigenvalue weighted by Crippen LogP contribution is -2.31. The highest BCUT2D eigenvalue weighted by atomic mass is 16.6. The number of hydrogen-bond donors (Lipinski definition) is 1. The monoisotopic (exact) mass is 409 g/mol. The normalized spacial score (nSPS) is 10.3. The van der Waals surface area contributed by atoms with Crippen molar-refractivity contribution in [2.24, 2.45) is 0 Å². The van der Waals surface area contributed by atoms with E-state index in [4.69, 9.17) is 9.47 Å². The van der Waals surface area contributed by atoms with Crippen LogP contribution in [0.2, 0.25) is 0 Å². The number of para-hydroxylation sites is 2. The Bertz CT molecular complexity index is 1070. The van der Waals surface area contributed by atoms with Gasteiger partial charge in [-0.15, -0.1) is 0 Å². The molecule has 0 atom stereocenters. The largest absolute Gasteiger partial charge is 0.506 e. The van der Waals surface area contributed by atoms with Crippen molar-refractivity contribution in [3.05, 3.63) is 82.2 Å². The molecule has 9 nitrogen and oxygen atoms in total. The molecule has 0 aliphatic rings. The molecule has 0 aliphatic heterocycles. The molecule has 3 aromatic rings. The highest BCUT2D eigenvalue weighted by Crippen LogP contribution is 2.37. The van der Waals surface area contributed by atoms with Gasteiger partial charge in [-0.2, -0.15) is 0 Å². The molecule has 1 heterocycles. The maximum Gasteiger partial charge on any atom is 0.286 e. The van der Waals surface area contributed by atoms with Crippen molar-refractivity contribution in [2.75, 3.05) is 19.1 Å². The van der Waals surface area contributed by atoms with Gasteiger partial charge < -0.3 is 14.6 Å². The van der Waals surface area contributed by atoms with E-state index in [1.807, 2.05) is 0 Å². The van der Waals surface area contributed by atoms with E-state index in [0.29, 0.717) is 5.69 Å².